The molecule has 0 N–H and O–H groups in total. The summed E-state index contributed by atoms with van der Waals surface area (Å²) in [6.45, 7) is 13.3. The molecule has 0 saturated heterocycles. The van der Waals surface area contributed by atoms with E-state index in [2.05, 4.69) is 63.1 Å². The van der Waals surface area contributed by atoms with E-state index in [0.29, 0.717) is 5.92 Å². The van der Waals surface area contributed by atoms with Crippen LogP contribution in [0.25, 0.3) is 5.65 Å². The first-order valence-corrected chi connectivity index (χ1v) is 6.30. The van der Waals surface area contributed by atoms with Gasteiger partial charge in [0.1, 0.15) is 5.65 Å². The fourth-order valence-electron chi connectivity index (χ4n) is 2.27. The van der Waals surface area contributed by atoms with Gasteiger partial charge in [-0.2, -0.15) is 0 Å². The van der Waals surface area contributed by atoms with Crippen molar-refractivity contribution in [2.75, 3.05) is 0 Å². The van der Waals surface area contributed by atoms with Crippen molar-refractivity contribution in [3.8, 4) is 0 Å². The Morgan fingerprint density at radius 2 is 1.82 bits per heavy atom. The van der Waals surface area contributed by atoms with E-state index in [-0.39, 0.29) is 5.41 Å². The molecule has 0 unspecified atom stereocenters. The third-order valence-electron chi connectivity index (χ3n) is 3.27. The molecule has 0 atom stereocenters. The molecular weight excluding hydrogens is 208 g/mol. The van der Waals surface area contributed by atoms with E-state index >= 15 is 0 Å². The highest BCUT2D eigenvalue weighted by molar-refractivity contribution is 5.54. The van der Waals surface area contributed by atoms with Crippen LogP contribution in [0.3, 0.4) is 0 Å². The molecule has 0 bridgehead atoms. The molecule has 17 heavy (non-hydrogen) atoms. The first-order valence-electron chi connectivity index (χ1n) is 6.30. The standard InChI is InChI=1S/C15H22N2/c1-10(2)13-9-16-14-12(15(4,5)6)8-7-11(3)17(13)14/h7-10H,1-6H3. The maximum atomic E-state index is 4.63. The summed E-state index contributed by atoms with van der Waals surface area (Å²) in [6.07, 6.45) is 2.02. The largest absolute Gasteiger partial charge is 0.301 e. The summed E-state index contributed by atoms with van der Waals surface area (Å²) in [6, 6.07) is 4.41. The third kappa shape index (κ3) is 1.97. The topological polar surface area (TPSA) is 17.3 Å². The molecule has 92 valence electrons. The summed E-state index contributed by atoms with van der Waals surface area (Å²) in [5.41, 5.74) is 5.11. The summed E-state index contributed by atoms with van der Waals surface area (Å²) in [5.74, 6) is 0.499. The van der Waals surface area contributed by atoms with Crippen molar-refractivity contribution in [2.24, 2.45) is 0 Å². The minimum Gasteiger partial charge on any atom is -0.301 e. The summed E-state index contributed by atoms with van der Waals surface area (Å²) < 4.78 is 2.30. The van der Waals surface area contributed by atoms with Gasteiger partial charge in [-0.3, -0.25) is 0 Å². The summed E-state index contributed by atoms with van der Waals surface area (Å²) in [5, 5.41) is 0. The normalized spacial score (nSPS) is 12.6. The van der Waals surface area contributed by atoms with Crippen LogP contribution in [0, 0.1) is 6.92 Å². The average Bonchev–Trinajstić information content (AvgIpc) is 2.60. The zero-order valence-corrected chi connectivity index (χ0v) is 11.7. The predicted molar refractivity (Wildman–Crippen MR) is 72.7 cm³/mol. The monoisotopic (exact) mass is 230 g/mol. The number of fused-ring (bicyclic) bond motifs is 1. The van der Waals surface area contributed by atoms with Gasteiger partial charge in [-0.25, -0.2) is 4.98 Å². The first-order chi connectivity index (χ1) is 7.82. The lowest BCUT2D eigenvalue weighted by Crippen LogP contribution is -2.14. The highest BCUT2D eigenvalue weighted by Crippen LogP contribution is 2.29. The van der Waals surface area contributed by atoms with Gasteiger partial charge in [-0.05, 0) is 24.3 Å². The number of pyridine rings is 1. The summed E-state index contributed by atoms with van der Waals surface area (Å²) in [7, 11) is 0. The molecule has 2 nitrogen and oxygen atoms in total. The molecule has 0 aromatic carbocycles. The van der Waals surface area contributed by atoms with Crippen LogP contribution in [-0.4, -0.2) is 9.38 Å². The van der Waals surface area contributed by atoms with Gasteiger partial charge < -0.3 is 4.40 Å². The number of hydrogen-bond donors (Lipinski definition) is 0. The third-order valence-corrected chi connectivity index (χ3v) is 3.27. The van der Waals surface area contributed by atoms with Gasteiger partial charge in [-0.1, -0.05) is 40.7 Å². The van der Waals surface area contributed by atoms with Gasteiger partial charge in [0.2, 0.25) is 0 Å². The van der Waals surface area contributed by atoms with Crippen LogP contribution in [0.1, 0.15) is 57.5 Å². The molecule has 0 fully saturated rings. The van der Waals surface area contributed by atoms with Crippen LogP contribution >= 0.6 is 0 Å². The molecular formula is C15H22N2. The van der Waals surface area contributed by atoms with Crippen LogP contribution in [0.15, 0.2) is 18.3 Å². The van der Waals surface area contributed by atoms with Crippen LogP contribution in [0.2, 0.25) is 0 Å². The Morgan fingerprint density at radius 3 is 2.35 bits per heavy atom. The molecule has 0 amide bonds. The number of rotatable bonds is 1. The molecule has 2 aromatic rings. The second-order valence-corrected chi connectivity index (χ2v) is 6.14. The van der Waals surface area contributed by atoms with E-state index in [1.54, 1.807) is 0 Å². The van der Waals surface area contributed by atoms with Crippen LogP contribution in [0.5, 0.6) is 0 Å². The minimum absolute atomic E-state index is 0.133. The van der Waals surface area contributed by atoms with Crippen molar-refractivity contribution in [3.63, 3.8) is 0 Å². The fraction of sp³-hybridized carbons (Fsp3) is 0.533. The highest BCUT2D eigenvalue weighted by Gasteiger charge is 2.20. The zero-order chi connectivity index (χ0) is 12.8. The fourth-order valence-corrected chi connectivity index (χ4v) is 2.27. The number of aromatic nitrogens is 2. The molecule has 2 rings (SSSR count). The van der Waals surface area contributed by atoms with Crippen LogP contribution < -0.4 is 0 Å². The second kappa shape index (κ2) is 3.86. The number of nitrogens with zero attached hydrogens (tertiary/aromatic N) is 2. The quantitative estimate of drug-likeness (QED) is 0.722. The summed E-state index contributed by atoms with van der Waals surface area (Å²) in [4.78, 5) is 4.63. The minimum atomic E-state index is 0.133. The van der Waals surface area contributed by atoms with Gasteiger partial charge in [-0.15, -0.1) is 0 Å². The van der Waals surface area contributed by atoms with E-state index in [9.17, 15) is 0 Å². The molecule has 0 radical (unpaired) electrons. The SMILES string of the molecule is Cc1ccc(C(C)(C)C)c2ncc(C(C)C)n12. The summed E-state index contributed by atoms with van der Waals surface area (Å²) >= 11 is 0. The van der Waals surface area contributed by atoms with Gasteiger partial charge >= 0.3 is 0 Å². The van der Waals surface area contributed by atoms with Crippen LogP contribution in [0.4, 0.5) is 0 Å². The van der Waals surface area contributed by atoms with Crippen molar-refractivity contribution in [2.45, 2.75) is 52.9 Å². The molecule has 0 saturated carbocycles. The van der Waals surface area contributed by atoms with E-state index in [1.165, 1.54) is 17.0 Å². The van der Waals surface area contributed by atoms with Crippen molar-refractivity contribution >= 4 is 5.65 Å². The van der Waals surface area contributed by atoms with Gasteiger partial charge in [0, 0.05) is 23.1 Å². The Balaban J connectivity index is 2.81. The Kier molecular flexibility index (Phi) is 2.76. The van der Waals surface area contributed by atoms with Gasteiger partial charge in [0.05, 0.1) is 0 Å². The molecule has 2 aromatic heterocycles. The smallest absolute Gasteiger partial charge is 0.140 e. The molecule has 0 aliphatic heterocycles. The maximum Gasteiger partial charge on any atom is 0.140 e. The van der Waals surface area contributed by atoms with Gasteiger partial charge in [0.15, 0.2) is 0 Å². The number of hydrogen-bond acceptors (Lipinski definition) is 1. The predicted octanol–water partition coefficient (Wildman–Crippen LogP) is 4.06. The van der Waals surface area contributed by atoms with Crippen molar-refractivity contribution < 1.29 is 0 Å². The van der Waals surface area contributed by atoms with Gasteiger partial charge in [0.25, 0.3) is 0 Å². The lowest BCUT2D eigenvalue weighted by atomic mass is 9.87. The van der Waals surface area contributed by atoms with E-state index in [0.717, 1.165) is 5.65 Å². The molecule has 0 aliphatic rings. The van der Waals surface area contributed by atoms with E-state index < -0.39 is 0 Å². The van der Waals surface area contributed by atoms with E-state index in [1.807, 2.05) is 6.20 Å². The Bertz CT molecular complexity index is 542. The molecule has 2 heterocycles. The lowest BCUT2D eigenvalue weighted by Gasteiger charge is -2.21. The molecule has 2 heteroatoms. The second-order valence-electron chi connectivity index (χ2n) is 6.14. The first kappa shape index (κ1) is 12.2. The van der Waals surface area contributed by atoms with Crippen LogP contribution in [-0.2, 0) is 5.41 Å². The molecule has 0 spiro atoms. The Hall–Kier alpha value is -1.31. The molecule has 0 aliphatic carbocycles. The Morgan fingerprint density at radius 1 is 1.18 bits per heavy atom. The number of imidazole rings is 1. The number of aryl methyl sites for hydroxylation is 1. The van der Waals surface area contributed by atoms with Crippen molar-refractivity contribution in [1.82, 2.24) is 9.38 Å². The van der Waals surface area contributed by atoms with Crippen molar-refractivity contribution in [3.05, 3.63) is 35.3 Å². The average molecular weight is 230 g/mol. The lowest BCUT2D eigenvalue weighted by molar-refractivity contribution is 0.590. The van der Waals surface area contributed by atoms with E-state index in [4.69, 9.17) is 0 Å². The van der Waals surface area contributed by atoms with Crippen molar-refractivity contribution in [1.29, 1.82) is 0 Å². The maximum absolute atomic E-state index is 4.63. The highest BCUT2D eigenvalue weighted by atomic mass is 15.0. The Labute approximate surface area is 104 Å². The zero-order valence-electron chi connectivity index (χ0n) is 11.7.